The van der Waals surface area contributed by atoms with Crippen LogP contribution in [-0.2, 0) is 6.42 Å². The summed E-state index contributed by atoms with van der Waals surface area (Å²) in [5.41, 5.74) is 2.14. The second kappa shape index (κ2) is 6.09. The number of likely N-dealkylation sites (N-methyl/N-ethyl adjacent to an activating group) is 1. The largest absolute Gasteiger partial charge is 0.352 e. The van der Waals surface area contributed by atoms with Crippen LogP contribution in [0.1, 0.15) is 12.0 Å². The Balaban J connectivity index is 1.80. The van der Waals surface area contributed by atoms with Crippen molar-refractivity contribution in [3.63, 3.8) is 0 Å². The second-order valence-electron chi connectivity index (χ2n) is 6.68. The van der Waals surface area contributed by atoms with E-state index in [0.29, 0.717) is 12.1 Å². The zero-order valence-electron chi connectivity index (χ0n) is 13.7. The van der Waals surface area contributed by atoms with Gasteiger partial charge in [0.05, 0.1) is 5.69 Å². The summed E-state index contributed by atoms with van der Waals surface area (Å²) >= 11 is 0. The van der Waals surface area contributed by atoms with Crippen molar-refractivity contribution in [2.75, 3.05) is 33.2 Å². The van der Waals surface area contributed by atoms with Crippen LogP contribution in [0, 0.1) is 17.6 Å². The Bertz CT molecular complexity index is 746. The summed E-state index contributed by atoms with van der Waals surface area (Å²) in [4.78, 5) is 13.7. The third-order valence-electron chi connectivity index (χ3n) is 4.89. The van der Waals surface area contributed by atoms with Crippen LogP contribution in [-0.4, -0.2) is 55.1 Å². The van der Waals surface area contributed by atoms with Crippen molar-refractivity contribution in [3.05, 3.63) is 41.1 Å². The fourth-order valence-corrected chi connectivity index (χ4v) is 3.45. The standard InChI is InChI=1S/C18H20F2N4/c1-23-4-6-24(7-5-23)18-17-9-12(2-3-21-17)8-13-10-14(19)15(20)11-16(13)22-18/h3,9-12H,2,4-8H2,1H3. The van der Waals surface area contributed by atoms with Gasteiger partial charge >= 0.3 is 0 Å². The van der Waals surface area contributed by atoms with E-state index in [0.717, 1.165) is 49.7 Å². The Labute approximate surface area is 140 Å². The number of hydrogen-bond donors (Lipinski definition) is 0. The quantitative estimate of drug-likeness (QED) is 0.732. The second-order valence-corrected chi connectivity index (χ2v) is 6.68. The average Bonchev–Trinajstić information content (AvgIpc) is 2.57. The summed E-state index contributed by atoms with van der Waals surface area (Å²) < 4.78 is 27.4. The van der Waals surface area contributed by atoms with Gasteiger partial charge in [0.15, 0.2) is 17.5 Å². The predicted octanol–water partition coefficient (Wildman–Crippen LogP) is 2.77. The fraction of sp³-hybridized carbons (Fsp3) is 0.444. The van der Waals surface area contributed by atoms with Crippen molar-refractivity contribution >= 4 is 17.7 Å². The van der Waals surface area contributed by atoms with E-state index in [9.17, 15) is 8.78 Å². The van der Waals surface area contributed by atoms with Gasteiger partial charge in [0.1, 0.15) is 5.70 Å². The first-order valence-electron chi connectivity index (χ1n) is 8.35. The maximum Gasteiger partial charge on any atom is 0.160 e. The number of amidine groups is 1. The van der Waals surface area contributed by atoms with Crippen molar-refractivity contribution < 1.29 is 8.78 Å². The molecule has 0 saturated carbocycles. The SMILES string of the molecule is CN1CCN(C2=Nc3cc(F)c(F)cc3CC3C=C2N=CC3)CC1. The Kier molecular flexibility index (Phi) is 3.92. The Morgan fingerprint density at radius 3 is 2.62 bits per heavy atom. The number of piperazine rings is 1. The maximum atomic E-state index is 13.7. The molecule has 1 aromatic rings. The summed E-state index contributed by atoms with van der Waals surface area (Å²) in [7, 11) is 2.10. The molecule has 1 atom stereocenters. The Morgan fingerprint density at radius 1 is 1.08 bits per heavy atom. The molecule has 0 N–H and O–H groups in total. The van der Waals surface area contributed by atoms with Gasteiger partial charge in [-0.2, -0.15) is 0 Å². The molecule has 0 amide bonds. The molecule has 1 saturated heterocycles. The van der Waals surface area contributed by atoms with Crippen molar-refractivity contribution in [1.82, 2.24) is 9.80 Å². The highest BCUT2D eigenvalue weighted by Crippen LogP contribution is 2.32. The van der Waals surface area contributed by atoms with Crippen LogP contribution in [0.15, 0.2) is 33.9 Å². The molecule has 4 rings (SSSR count). The number of hydrogen-bond acceptors (Lipinski definition) is 4. The van der Waals surface area contributed by atoms with Crippen LogP contribution in [0.5, 0.6) is 0 Å². The van der Waals surface area contributed by atoms with Gasteiger partial charge in [-0.15, -0.1) is 0 Å². The number of allylic oxidation sites excluding steroid dienone is 1. The third kappa shape index (κ3) is 2.86. The molecule has 0 spiro atoms. The number of aliphatic imine (C=N–C) groups is 2. The van der Waals surface area contributed by atoms with Crippen molar-refractivity contribution in [1.29, 1.82) is 0 Å². The summed E-state index contributed by atoms with van der Waals surface area (Å²) in [5.74, 6) is -0.632. The number of nitrogens with zero attached hydrogens (tertiary/aromatic N) is 4. The number of halogens is 2. The van der Waals surface area contributed by atoms with Crippen LogP contribution < -0.4 is 0 Å². The molecule has 0 radical (unpaired) electrons. The zero-order valence-corrected chi connectivity index (χ0v) is 13.7. The van der Waals surface area contributed by atoms with Crippen LogP contribution in [0.4, 0.5) is 14.5 Å². The lowest BCUT2D eigenvalue weighted by molar-refractivity contribution is 0.215. The van der Waals surface area contributed by atoms with Crippen LogP contribution in [0.3, 0.4) is 0 Å². The predicted molar refractivity (Wildman–Crippen MR) is 90.9 cm³/mol. The van der Waals surface area contributed by atoms with Gasteiger partial charge in [-0.1, -0.05) is 6.08 Å². The topological polar surface area (TPSA) is 31.2 Å². The molecular weight excluding hydrogens is 310 g/mol. The molecule has 2 bridgehead atoms. The summed E-state index contributed by atoms with van der Waals surface area (Å²) in [6.45, 7) is 3.60. The van der Waals surface area contributed by atoms with E-state index in [1.165, 1.54) is 12.1 Å². The summed E-state index contributed by atoms with van der Waals surface area (Å²) in [5, 5.41) is 0. The normalized spacial score (nSPS) is 24.0. The van der Waals surface area contributed by atoms with Gasteiger partial charge in [-0.05, 0) is 37.4 Å². The lowest BCUT2D eigenvalue weighted by Gasteiger charge is -2.35. The van der Waals surface area contributed by atoms with Gasteiger partial charge in [0.2, 0.25) is 0 Å². The van der Waals surface area contributed by atoms with Crippen molar-refractivity contribution in [3.8, 4) is 0 Å². The van der Waals surface area contributed by atoms with E-state index in [1.54, 1.807) is 0 Å². The van der Waals surface area contributed by atoms with Gasteiger partial charge in [0, 0.05) is 38.5 Å². The lowest BCUT2D eigenvalue weighted by atomic mass is 9.91. The molecule has 1 aromatic carbocycles. The number of rotatable bonds is 0. The fourth-order valence-electron chi connectivity index (χ4n) is 3.45. The molecule has 6 heteroatoms. The average molecular weight is 330 g/mol. The third-order valence-corrected chi connectivity index (χ3v) is 4.89. The lowest BCUT2D eigenvalue weighted by Crippen LogP contribution is -2.47. The number of benzene rings is 1. The van der Waals surface area contributed by atoms with Gasteiger partial charge in [-0.25, -0.2) is 13.8 Å². The molecular formula is C18H20F2N4. The monoisotopic (exact) mass is 330 g/mol. The van der Waals surface area contributed by atoms with E-state index >= 15 is 0 Å². The van der Waals surface area contributed by atoms with E-state index in [-0.39, 0.29) is 5.92 Å². The Morgan fingerprint density at radius 2 is 1.83 bits per heavy atom. The number of fused-ring (bicyclic) bond motifs is 2. The highest BCUT2D eigenvalue weighted by Gasteiger charge is 2.26. The summed E-state index contributed by atoms with van der Waals surface area (Å²) in [6, 6.07) is 2.51. The molecule has 3 aliphatic rings. The molecule has 0 aromatic heterocycles. The van der Waals surface area contributed by atoms with Crippen LogP contribution in [0.2, 0.25) is 0 Å². The van der Waals surface area contributed by atoms with Crippen molar-refractivity contribution in [2.24, 2.45) is 15.9 Å². The minimum absolute atomic E-state index is 0.249. The first kappa shape index (κ1) is 15.4. The Hall–Kier alpha value is -2.08. The molecule has 0 aliphatic carbocycles. The zero-order chi connectivity index (χ0) is 16.7. The molecule has 1 fully saturated rings. The first-order chi connectivity index (χ1) is 11.6. The maximum absolute atomic E-state index is 13.7. The molecule has 126 valence electrons. The van der Waals surface area contributed by atoms with E-state index < -0.39 is 11.6 Å². The van der Waals surface area contributed by atoms with Gasteiger partial charge in [-0.3, -0.25) is 4.99 Å². The van der Waals surface area contributed by atoms with Crippen LogP contribution in [0.25, 0.3) is 0 Å². The van der Waals surface area contributed by atoms with Crippen LogP contribution >= 0.6 is 0 Å². The molecule has 1 unspecified atom stereocenters. The molecule has 24 heavy (non-hydrogen) atoms. The highest BCUT2D eigenvalue weighted by molar-refractivity contribution is 6.01. The first-order valence-corrected chi connectivity index (χ1v) is 8.35. The van der Waals surface area contributed by atoms with Crippen molar-refractivity contribution in [2.45, 2.75) is 12.8 Å². The minimum atomic E-state index is -0.849. The minimum Gasteiger partial charge on any atom is -0.352 e. The van der Waals surface area contributed by atoms with Gasteiger partial charge < -0.3 is 9.80 Å². The molecule has 4 nitrogen and oxygen atoms in total. The van der Waals surface area contributed by atoms with Gasteiger partial charge in [0.25, 0.3) is 0 Å². The summed E-state index contributed by atoms with van der Waals surface area (Å²) in [6.07, 6.45) is 5.51. The van der Waals surface area contributed by atoms with E-state index in [2.05, 4.69) is 27.9 Å². The molecule has 3 heterocycles. The smallest absolute Gasteiger partial charge is 0.160 e. The molecule has 3 aliphatic heterocycles. The highest BCUT2D eigenvalue weighted by atomic mass is 19.2. The van der Waals surface area contributed by atoms with E-state index in [4.69, 9.17) is 4.99 Å². The van der Waals surface area contributed by atoms with E-state index in [1.807, 2.05) is 6.21 Å².